The summed E-state index contributed by atoms with van der Waals surface area (Å²) in [5.74, 6) is 0.305. The number of aromatic hydroxyl groups is 1. The fraction of sp³-hybridized carbons (Fsp3) is 0.333. The zero-order valence-corrected chi connectivity index (χ0v) is 10.7. The number of hydrogen-bond acceptors (Lipinski definition) is 3. The fourth-order valence-corrected chi connectivity index (χ4v) is 2.85. The lowest BCUT2D eigenvalue weighted by Crippen LogP contribution is -2.09. The molecular weight excluding hydrogens is 238 g/mol. The van der Waals surface area contributed by atoms with Crippen molar-refractivity contribution in [3.05, 3.63) is 30.0 Å². The molecule has 0 spiro atoms. The number of para-hydroxylation sites is 1. The van der Waals surface area contributed by atoms with Gasteiger partial charge in [-0.25, -0.2) is 8.42 Å². The third-order valence-electron chi connectivity index (χ3n) is 2.94. The van der Waals surface area contributed by atoms with E-state index >= 15 is 0 Å². The van der Waals surface area contributed by atoms with Crippen LogP contribution in [0.4, 0.5) is 0 Å². The Bertz CT molecular complexity index is 656. The molecule has 5 heteroatoms. The molecule has 1 aromatic heterocycles. The maximum absolute atomic E-state index is 11.6. The van der Waals surface area contributed by atoms with E-state index in [4.69, 9.17) is 0 Å². The van der Waals surface area contributed by atoms with E-state index < -0.39 is 9.84 Å². The highest BCUT2D eigenvalue weighted by molar-refractivity contribution is 7.90. The van der Waals surface area contributed by atoms with E-state index in [0.717, 1.165) is 5.39 Å². The Labute approximate surface area is 100 Å². The van der Waals surface area contributed by atoms with Crippen molar-refractivity contribution in [2.75, 3.05) is 5.75 Å². The Balaban J connectivity index is 2.58. The number of nitrogens with zero attached hydrogens (tertiary/aromatic N) is 1. The standard InChI is InChI=1S/C12H15NO3S/c1-3-17(15,16)8-10-7-9-5-4-6-11(14)12(9)13(10)2/h4-7,14H,3,8H2,1-2H3. The van der Waals surface area contributed by atoms with E-state index in [1.54, 1.807) is 30.7 Å². The summed E-state index contributed by atoms with van der Waals surface area (Å²) in [5, 5.41) is 10.6. The second-order valence-corrected chi connectivity index (χ2v) is 6.44. The molecule has 0 aliphatic heterocycles. The highest BCUT2D eigenvalue weighted by atomic mass is 32.2. The number of aromatic nitrogens is 1. The Morgan fingerprint density at radius 1 is 1.35 bits per heavy atom. The lowest BCUT2D eigenvalue weighted by molar-refractivity contribution is 0.478. The first-order chi connectivity index (χ1) is 7.94. The normalized spacial score (nSPS) is 12.1. The largest absolute Gasteiger partial charge is 0.506 e. The van der Waals surface area contributed by atoms with Gasteiger partial charge in [0.2, 0.25) is 0 Å². The second kappa shape index (κ2) is 4.07. The van der Waals surface area contributed by atoms with Crippen molar-refractivity contribution in [3.8, 4) is 5.75 Å². The number of sulfone groups is 1. The van der Waals surface area contributed by atoms with Gasteiger partial charge in [0.05, 0.1) is 11.3 Å². The molecule has 2 rings (SSSR count). The van der Waals surface area contributed by atoms with Crippen LogP contribution >= 0.6 is 0 Å². The van der Waals surface area contributed by atoms with Crippen molar-refractivity contribution in [1.29, 1.82) is 0 Å². The van der Waals surface area contributed by atoms with Crippen molar-refractivity contribution >= 4 is 20.7 Å². The highest BCUT2D eigenvalue weighted by Crippen LogP contribution is 2.27. The average molecular weight is 253 g/mol. The van der Waals surface area contributed by atoms with Gasteiger partial charge in [0.15, 0.2) is 9.84 Å². The Morgan fingerprint density at radius 3 is 2.65 bits per heavy atom. The molecule has 0 saturated carbocycles. The Morgan fingerprint density at radius 2 is 2.06 bits per heavy atom. The van der Waals surface area contributed by atoms with Crippen LogP contribution in [-0.2, 0) is 22.6 Å². The maximum Gasteiger partial charge on any atom is 0.155 e. The molecule has 0 radical (unpaired) electrons. The van der Waals surface area contributed by atoms with E-state index in [9.17, 15) is 13.5 Å². The lowest BCUT2D eigenvalue weighted by atomic mass is 10.2. The van der Waals surface area contributed by atoms with Crippen LogP contribution < -0.4 is 0 Å². The van der Waals surface area contributed by atoms with Gasteiger partial charge in [-0.2, -0.15) is 0 Å². The lowest BCUT2D eigenvalue weighted by Gasteiger charge is -2.05. The molecule has 4 nitrogen and oxygen atoms in total. The van der Waals surface area contributed by atoms with E-state index in [0.29, 0.717) is 11.2 Å². The zero-order valence-electron chi connectivity index (χ0n) is 9.84. The smallest absolute Gasteiger partial charge is 0.155 e. The van der Waals surface area contributed by atoms with Crippen molar-refractivity contribution in [1.82, 2.24) is 4.57 Å². The van der Waals surface area contributed by atoms with Gasteiger partial charge in [-0.1, -0.05) is 19.1 Å². The molecule has 0 saturated heterocycles. The zero-order chi connectivity index (χ0) is 12.6. The quantitative estimate of drug-likeness (QED) is 0.907. The second-order valence-electron chi connectivity index (χ2n) is 4.09. The van der Waals surface area contributed by atoms with Crippen LogP contribution in [0.25, 0.3) is 10.9 Å². The number of phenols is 1. The summed E-state index contributed by atoms with van der Waals surface area (Å²) < 4.78 is 24.9. The predicted molar refractivity (Wildman–Crippen MR) is 67.7 cm³/mol. The van der Waals surface area contributed by atoms with Crippen molar-refractivity contribution in [2.24, 2.45) is 7.05 Å². The predicted octanol–water partition coefficient (Wildman–Crippen LogP) is 1.82. The van der Waals surface area contributed by atoms with Gasteiger partial charge in [-0.05, 0) is 12.1 Å². The summed E-state index contributed by atoms with van der Waals surface area (Å²) in [6, 6.07) is 7.01. The SMILES string of the molecule is CCS(=O)(=O)Cc1cc2cccc(O)c2n1C. The molecule has 1 heterocycles. The summed E-state index contributed by atoms with van der Waals surface area (Å²) in [6.07, 6.45) is 0. The summed E-state index contributed by atoms with van der Waals surface area (Å²) >= 11 is 0. The molecule has 1 N–H and O–H groups in total. The van der Waals surface area contributed by atoms with Gasteiger partial charge in [0.1, 0.15) is 5.75 Å². The molecule has 1 aromatic carbocycles. The summed E-state index contributed by atoms with van der Waals surface area (Å²) in [4.78, 5) is 0. The summed E-state index contributed by atoms with van der Waals surface area (Å²) in [7, 11) is -1.29. The van der Waals surface area contributed by atoms with Crippen LogP contribution in [0, 0.1) is 0 Å². The number of hydrogen-bond donors (Lipinski definition) is 1. The van der Waals surface area contributed by atoms with Crippen LogP contribution in [-0.4, -0.2) is 23.8 Å². The molecule has 17 heavy (non-hydrogen) atoms. The van der Waals surface area contributed by atoms with Gasteiger partial charge < -0.3 is 9.67 Å². The molecule has 0 fully saturated rings. The first-order valence-electron chi connectivity index (χ1n) is 5.41. The number of benzene rings is 1. The van der Waals surface area contributed by atoms with Crippen molar-refractivity contribution < 1.29 is 13.5 Å². The fourth-order valence-electron chi connectivity index (χ4n) is 1.92. The number of aryl methyl sites for hydroxylation is 1. The van der Waals surface area contributed by atoms with E-state index in [1.807, 2.05) is 12.1 Å². The minimum atomic E-state index is -3.06. The minimum Gasteiger partial charge on any atom is -0.506 e. The van der Waals surface area contributed by atoms with Crippen molar-refractivity contribution in [2.45, 2.75) is 12.7 Å². The van der Waals surface area contributed by atoms with Gasteiger partial charge in [-0.15, -0.1) is 0 Å². The van der Waals surface area contributed by atoms with Gasteiger partial charge >= 0.3 is 0 Å². The molecule has 0 amide bonds. The first-order valence-corrected chi connectivity index (χ1v) is 7.23. The summed E-state index contributed by atoms with van der Waals surface area (Å²) in [6.45, 7) is 1.63. The van der Waals surface area contributed by atoms with Crippen molar-refractivity contribution in [3.63, 3.8) is 0 Å². The summed E-state index contributed by atoms with van der Waals surface area (Å²) in [5.41, 5.74) is 1.37. The number of fused-ring (bicyclic) bond motifs is 1. The highest BCUT2D eigenvalue weighted by Gasteiger charge is 2.15. The molecule has 0 aliphatic carbocycles. The monoisotopic (exact) mass is 253 g/mol. The van der Waals surface area contributed by atoms with Gasteiger partial charge in [0.25, 0.3) is 0 Å². The van der Waals surface area contributed by atoms with Gasteiger partial charge in [-0.3, -0.25) is 0 Å². The molecule has 0 aliphatic rings. The number of rotatable bonds is 3. The van der Waals surface area contributed by atoms with E-state index in [-0.39, 0.29) is 17.3 Å². The van der Waals surface area contributed by atoms with E-state index in [1.165, 1.54) is 0 Å². The van der Waals surface area contributed by atoms with Crippen LogP contribution in [0.2, 0.25) is 0 Å². The molecule has 0 atom stereocenters. The third kappa shape index (κ3) is 2.15. The van der Waals surface area contributed by atoms with Crippen LogP contribution in [0.15, 0.2) is 24.3 Å². The molecule has 0 unspecified atom stereocenters. The van der Waals surface area contributed by atoms with Crippen LogP contribution in [0.5, 0.6) is 5.75 Å². The molecular formula is C12H15NO3S. The molecule has 2 aromatic rings. The average Bonchev–Trinajstić information content (AvgIpc) is 2.57. The molecule has 0 bridgehead atoms. The van der Waals surface area contributed by atoms with E-state index in [2.05, 4.69) is 0 Å². The van der Waals surface area contributed by atoms with Crippen LogP contribution in [0.1, 0.15) is 12.6 Å². The third-order valence-corrected chi connectivity index (χ3v) is 4.56. The Kier molecular flexibility index (Phi) is 2.87. The van der Waals surface area contributed by atoms with Crippen LogP contribution in [0.3, 0.4) is 0 Å². The number of phenolic OH excluding ortho intramolecular Hbond substituents is 1. The first kappa shape index (κ1) is 12.0. The molecule has 92 valence electrons. The minimum absolute atomic E-state index is 0.00806. The topological polar surface area (TPSA) is 59.3 Å². The maximum atomic E-state index is 11.6. The van der Waals surface area contributed by atoms with Gasteiger partial charge in [0, 0.05) is 23.9 Å². The Hall–Kier alpha value is -1.49.